The van der Waals surface area contributed by atoms with Gasteiger partial charge in [-0.1, -0.05) is 26.8 Å². The van der Waals surface area contributed by atoms with Crippen LogP contribution in [0.15, 0.2) is 24.3 Å². The number of carbonyl (C=O) groups excluding carboxylic acids is 1. The number of allylic oxidation sites excluding steroid dienone is 1. The van der Waals surface area contributed by atoms with Crippen LogP contribution < -0.4 is 0 Å². The van der Waals surface area contributed by atoms with Crippen LogP contribution in [0, 0.1) is 35.0 Å². The molecule has 0 bridgehead atoms. The minimum absolute atomic E-state index is 0.00690. The molecule has 3 heteroatoms. The predicted octanol–water partition coefficient (Wildman–Crippen LogP) is 2.73. The lowest BCUT2D eigenvalue weighted by Gasteiger charge is -2.58. The molecule has 3 aliphatic carbocycles. The molecule has 3 nitrogen and oxygen atoms in total. The first-order valence-electron chi connectivity index (χ1n) is 8.52. The Labute approximate surface area is 133 Å². The Morgan fingerprint density at radius 2 is 2.09 bits per heavy atom. The molecule has 0 aliphatic heterocycles. The second-order valence-electron chi connectivity index (χ2n) is 7.98. The number of hydrogen-bond acceptors (Lipinski definition) is 3. The Balaban J connectivity index is 1.81. The third-order valence-corrected chi connectivity index (χ3v) is 6.98. The lowest BCUT2D eigenvalue weighted by Crippen LogP contribution is -2.57. The molecule has 1 unspecified atom stereocenters. The van der Waals surface area contributed by atoms with Gasteiger partial charge in [0.1, 0.15) is 0 Å². The molecule has 2 N–H and O–H groups in total. The molecule has 0 aromatic carbocycles. The first-order valence-corrected chi connectivity index (χ1v) is 8.52. The zero-order chi connectivity index (χ0) is 16.2. The van der Waals surface area contributed by atoms with Crippen molar-refractivity contribution in [2.45, 2.75) is 52.2 Å². The van der Waals surface area contributed by atoms with E-state index in [1.807, 2.05) is 0 Å². The van der Waals surface area contributed by atoms with Crippen molar-refractivity contribution in [1.82, 2.24) is 0 Å². The van der Waals surface area contributed by atoms with E-state index in [1.54, 1.807) is 0 Å². The van der Waals surface area contributed by atoms with Crippen LogP contribution in [0.4, 0.5) is 0 Å². The van der Waals surface area contributed by atoms with E-state index in [1.165, 1.54) is 31.9 Å². The number of aliphatic hydroxyl groups is 2. The van der Waals surface area contributed by atoms with E-state index in [9.17, 15) is 15.0 Å². The average molecular weight is 304 g/mol. The summed E-state index contributed by atoms with van der Waals surface area (Å²) in [7, 11) is 0. The van der Waals surface area contributed by atoms with Gasteiger partial charge in [0, 0.05) is 5.41 Å². The van der Waals surface area contributed by atoms with E-state index >= 15 is 0 Å². The van der Waals surface area contributed by atoms with Crippen LogP contribution in [0.2, 0.25) is 0 Å². The molecular formula is C19H28O3. The molecular weight excluding hydrogens is 276 g/mol. The summed E-state index contributed by atoms with van der Waals surface area (Å²) in [5.41, 5.74) is 0.760. The van der Waals surface area contributed by atoms with Crippen LogP contribution in [-0.4, -0.2) is 28.2 Å². The Morgan fingerprint density at radius 1 is 1.41 bits per heavy atom. The number of rotatable bonds is 4. The molecule has 0 heterocycles. The molecule has 122 valence electrons. The van der Waals surface area contributed by atoms with Crippen molar-refractivity contribution in [1.29, 1.82) is 0 Å². The van der Waals surface area contributed by atoms with Gasteiger partial charge in [-0.2, -0.15) is 0 Å². The van der Waals surface area contributed by atoms with Crippen LogP contribution >= 0.6 is 0 Å². The van der Waals surface area contributed by atoms with E-state index in [0.29, 0.717) is 30.1 Å². The summed E-state index contributed by atoms with van der Waals surface area (Å²) in [4.78, 5) is 11.0. The number of fused-ring (bicyclic) bond motifs is 4. The second-order valence-corrected chi connectivity index (χ2v) is 7.98. The lowest BCUT2D eigenvalue weighted by molar-refractivity contribution is -0.143. The van der Waals surface area contributed by atoms with Crippen molar-refractivity contribution in [3.8, 4) is 0 Å². The van der Waals surface area contributed by atoms with Crippen molar-refractivity contribution >= 4 is 5.78 Å². The minimum Gasteiger partial charge on any atom is -0.393 e. The van der Waals surface area contributed by atoms with Gasteiger partial charge < -0.3 is 10.2 Å². The molecule has 22 heavy (non-hydrogen) atoms. The number of hydrogen-bond donors (Lipinski definition) is 2. The zero-order valence-electron chi connectivity index (χ0n) is 13.8. The summed E-state index contributed by atoms with van der Waals surface area (Å²) in [5.74, 6) is 2.51. The SMILES string of the molecule is C=C(C(O)/C=C/C(C)=O)[C@@H]1C[C@@H](O)[C@@]2(C)[C@@H]1[C@@H]1[C@H](C)CC[C@@H]12. The van der Waals surface area contributed by atoms with Gasteiger partial charge in [0.2, 0.25) is 0 Å². The van der Waals surface area contributed by atoms with Gasteiger partial charge >= 0.3 is 0 Å². The largest absolute Gasteiger partial charge is 0.393 e. The fourth-order valence-corrected chi connectivity index (χ4v) is 5.86. The van der Waals surface area contributed by atoms with Gasteiger partial charge in [-0.15, -0.1) is 0 Å². The molecule has 3 saturated carbocycles. The van der Waals surface area contributed by atoms with Crippen LogP contribution in [0.25, 0.3) is 0 Å². The smallest absolute Gasteiger partial charge is 0.152 e. The number of ketones is 1. The van der Waals surface area contributed by atoms with Crippen LogP contribution in [0.1, 0.15) is 40.0 Å². The van der Waals surface area contributed by atoms with Crippen LogP contribution in [0.3, 0.4) is 0 Å². The first-order chi connectivity index (χ1) is 10.3. The molecule has 3 rings (SSSR count). The normalized spacial score (nSPS) is 47.9. The van der Waals surface area contributed by atoms with Gasteiger partial charge in [0.05, 0.1) is 12.2 Å². The second kappa shape index (κ2) is 5.31. The molecule has 8 atom stereocenters. The Bertz CT molecular complexity index is 523. The standard InChI is InChI=1S/C19H28O3/c1-10-5-7-14-17(10)18-13(9-16(22)19(14,18)4)12(3)15(21)8-6-11(2)20/h6,8,10,13-18,21-22H,3,5,7,9H2,1-2,4H3/b8-6+/t10-,13+,14+,15?,16-,17-,18+,19+/m1/s1. The topological polar surface area (TPSA) is 57.5 Å². The van der Waals surface area contributed by atoms with E-state index < -0.39 is 6.10 Å². The Morgan fingerprint density at radius 3 is 2.73 bits per heavy atom. The number of aliphatic hydroxyl groups excluding tert-OH is 2. The molecule has 3 fully saturated rings. The maximum Gasteiger partial charge on any atom is 0.152 e. The highest BCUT2D eigenvalue weighted by Crippen LogP contribution is 2.73. The monoisotopic (exact) mass is 304 g/mol. The Hall–Kier alpha value is -0.930. The van der Waals surface area contributed by atoms with E-state index in [2.05, 4.69) is 20.4 Å². The fourth-order valence-electron chi connectivity index (χ4n) is 5.86. The molecule has 0 saturated heterocycles. The maximum atomic E-state index is 11.0. The molecule has 0 aromatic heterocycles. The fraction of sp³-hybridized carbons (Fsp3) is 0.737. The lowest BCUT2D eigenvalue weighted by atomic mass is 9.46. The highest BCUT2D eigenvalue weighted by atomic mass is 16.3. The van der Waals surface area contributed by atoms with Crippen molar-refractivity contribution in [3.05, 3.63) is 24.3 Å². The summed E-state index contributed by atoms with van der Waals surface area (Å²) in [5, 5.41) is 20.9. The highest BCUT2D eigenvalue weighted by molar-refractivity contribution is 5.87. The van der Waals surface area contributed by atoms with E-state index in [4.69, 9.17) is 0 Å². The summed E-state index contributed by atoms with van der Waals surface area (Å²) in [6.07, 6.45) is 5.02. The van der Waals surface area contributed by atoms with Crippen LogP contribution in [0.5, 0.6) is 0 Å². The molecule has 0 aromatic rings. The van der Waals surface area contributed by atoms with Gasteiger partial charge in [-0.05, 0) is 67.1 Å². The maximum absolute atomic E-state index is 11.0. The summed E-state index contributed by atoms with van der Waals surface area (Å²) in [6.45, 7) is 10.1. The van der Waals surface area contributed by atoms with E-state index in [-0.39, 0.29) is 23.2 Å². The Kier molecular flexibility index (Phi) is 3.85. The first kappa shape index (κ1) is 15.9. The quantitative estimate of drug-likeness (QED) is 0.620. The van der Waals surface area contributed by atoms with Crippen molar-refractivity contribution in [2.24, 2.45) is 35.0 Å². The third kappa shape index (κ3) is 2.05. The summed E-state index contributed by atoms with van der Waals surface area (Å²) >= 11 is 0. The predicted molar refractivity (Wildman–Crippen MR) is 86.1 cm³/mol. The molecule has 3 aliphatic rings. The third-order valence-electron chi connectivity index (χ3n) is 6.98. The summed E-state index contributed by atoms with van der Waals surface area (Å²) in [6, 6.07) is 0. The van der Waals surface area contributed by atoms with Gasteiger partial charge in [-0.3, -0.25) is 4.79 Å². The van der Waals surface area contributed by atoms with Gasteiger partial charge in [0.15, 0.2) is 5.78 Å². The molecule has 0 radical (unpaired) electrons. The molecule has 0 amide bonds. The molecule has 0 spiro atoms. The van der Waals surface area contributed by atoms with Crippen molar-refractivity contribution in [3.63, 3.8) is 0 Å². The van der Waals surface area contributed by atoms with Crippen molar-refractivity contribution < 1.29 is 15.0 Å². The highest BCUT2D eigenvalue weighted by Gasteiger charge is 2.70. The van der Waals surface area contributed by atoms with Gasteiger partial charge in [-0.25, -0.2) is 0 Å². The van der Waals surface area contributed by atoms with Gasteiger partial charge in [0.25, 0.3) is 0 Å². The summed E-state index contributed by atoms with van der Waals surface area (Å²) < 4.78 is 0. The van der Waals surface area contributed by atoms with Crippen LogP contribution in [-0.2, 0) is 4.79 Å². The number of carbonyl (C=O) groups is 1. The zero-order valence-corrected chi connectivity index (χ0v) is 13.8. The van der Waals surface area contributed by atoms with E-state index in [0.717, 1.165) is 5.57 Å². The van der Waals surface area contributed by atoms with Crippen molar-refractivity contribution in [2.75, 3.05) is 0 Å². The minimum atomic E-state index is -0.792. The average Bonchev–Trinajstić information content (AvgIpc) is 2.89.